The summed E-state index contributed by atoms with van der Waals surface area (Å²) in [5.41, 5.74) is 6.50. The van der Waals surface area contributed by atoms with Crippen LogP contribution in [0.2, 0.25) is 0 Å². The first-order valence-electron chi connectivity index (χ1n) is 5.64. The molecule has 1 amide bonds. The third-order valence-corrected chi connectivity index (χ3v) is 3.07. The number of carboxylic acids is 1. The van der Waals surface area contributed by atoms with Gasteiger partial charge in [0.05, 0.1) is 16.9 Å². The standard InChI is InChI=1S/C12H15N3O3/c1-15-6-5-9(11(15)16)14-10-7(12(17)18)3-2-4-8(10)13/h2-4,9,14H,5-6,13H2,1H3,(H,17,18). The average Bonchev–Trinajstić information content (AvgIpc) is 2.63. The second-order valence-corrected chi connectivity index (χ2v) is 4.32. The number of aromatic carboxylic acids is 1. The molecule has 1 aromatic rings. The van der Waals surface area contributed by atoms with Gasteiger partial charge in [-0.3, -0.25) is 4.79 Å². The number of hydrogen-bond donors (Lipinski definition) is 3. The van der Waals surface area contributed by atoms with E-state index >= 15 is 0 Å². The molecule has 1 aliphatic rings. The number of anilines is 2. The quantitative estimate of drug-likeness (QED) is 0.682. The van der Waals surface area contributed by atoms with Crippen LogP contribution in [0.3, 0.4) is 0 Å². The third kappa shape index (κ3) is 2.09. The molecule has 1 fully saturated rings. The van der Waals surface area contributed by atoms with Gasteiger partial charge in [0.15, 0.2) is 0 Å². The zero-order chi connectivity index (χ0) is 13.3. The van der Waals surface area contributed by atoms with Gasteiger partial charge in [0.2, 0.25) is 5.91 Å². The summed E-state index contributed by atoms with van der Waals surface area (Å²) in [7, 11) is 1.72. The van der Waals surface area contributed by atoms with Crippen molar-refractivity contribution in [1.82, 2.24) is 4.90 Å². The van der Waals surface area contributed by atoms with Gasteiger partial charge in [0.1, 0.15) is 6.04 Å². The number of carboxylic acid groups (broad SMARTS) is 1. The van der Waals surface area contributed by atoms with E-state index in [0.717, 1.165) is 0 Å². The Morgan fingerprint density at radius 2 is 2.28 bits per heavy atom. The molecule has 0 saturated carbocycles. The van der Waals surface area contributed by atoms with E-state index in [1.54, 1.807) is 24.1 Å². The van der Waals surface area contributed by atoms with Crippen molar-refractivity contribution in [3.05, 3.63) is 23.8 Å². The van der Waals surface area contributed by atoms with Crippen LogP contribution in [-0.4, -0.2) is 41.5 Å². The number of nitrogens with one attached hydrogen (secondary N) is 1. The van der Waals surface area contributed by atoms with Crippen LogP contribution in [0.15, 0.2) is 18.2 Å². The Balaban J connectivity index is 2.29. The molecule has 1 heterocycles. The summed E-state index contributed by atoms with van der Waals surface area (Å²) in [5, 5.41) is 12.0. The summed E-state index contributed by atoms with van der Waals surface area (Å²) in [4.78, 5) is 24.5. The van der Waals surface area contributed by atoms with Gasteiger partial charge in [-0.25, -0.2) is 4.79 Å². The Kier molecular flexibility index (Phi) is 3.10. The summed E-state index contributed by atoms with van der Waals surface area (Å²) < 4.78 is 0. The molecule has 1 saturated heterocycles. The van der Waals surface area contributed by atoms with Crippen LogP contribution in [0.1, 0.15) is 16.8 Å². The number of carbonyl (C=O) groups is 2. The second kappa shape index (κ2) is 4.56. The molecule has 0 bridgehead atoms. The van der Waals surface area contributed by atoms with E-state index in [-0.39, 0.29) is 11.5 Å². The minimum atomic E-state index is -1.07. The molecule has 2 rings (SSSR count). The lowest BCUT2D eigenvalue weighted by Gasteiger charge is -2.16. The van der Waals surface area contributed by atoms with Crippen LogP contribution >= 0.6 is 0 Å². The van der Waals surface area contributed by atoms with E-state index in [1.807, 2.05) is 0 Å². The average molecular weight is 249 g/mol. The smallest absolute Gasteiger partial charge is 0.337 e. The van der Waals surface area contributed by atoms with E-state index < -0.39 is 12.0 Å². The van der Waals surface area contributed by atoms with Crippen LogP contribution in [0.25, 0.3) is 0 Å². The summed E-state index contributed by atoms with van der Waals surface area (Å²) in [6, 6.07) is 4.24. The third-order valence-electron chi connectivity index (χ3n) is 3.07. The zero-order valence-electron chi connectivity index (χ0n) is 10.0. The first kappa shape index (κ1) is 12.2. The zero-order valence-corrected chi connectivity index (χ0v) is 10.0. The summed E-state index contributed by atoms with van der Waals surface area (Å²) in [5.74, 6) is -1.11. The molecule has 1 atom stereocenters. The molecule has 96 valence electrons. The molecule has 18 heavy (non-hydrogen) atoms. The first-order valence-corrected chi connectivity index (χ1v) is 5.64. The molecule has 0 spiro atoms. The monoisotopic (exact) mass is 249 g/mol. The Bertz CT molecular complexity index is 501. The lowest BCUT2D eigenvalue weighted by atomic mass is 10.1. The molecule has 4 N–H and O–H groups in total. The number of nitrogens with zero attached hydrogens (tertiary/aromatic N) is 1. The van der Waals surface area contributed by atoms with Crippen LogP contribution in [0, 0.1) is 0 Å². The number of rotatable bonds is 3. The van der Waals surface area contributed by atoms with E-state index in [9.17, 15) is 9.59 Å². The number of para-hydroxylation sites is 1. The first-order chi connectivity index (χ1) is 8.50. The highest BCUT2D eigenvalue weighted by Gasteiger charge is 2.30. The van der Waals surface area contributed by atoms with Crippen molar-refractivity contribution >= 4 is 23.3 Å². The van der Waals surface area contributed by atoms with E-state index in [2.05, 4.69) is 5.32 Å². The van der Waals surface area contributed by atoms with Crippen molar-refractivity contribution in [3.63, 3.8) is 0 Å². The van der Waals surface area contributed by atoms with E-state index in [0.29, 0.717) is 24.3 Å². The number of nitrogens with two attached hydrogens (primary N) is 1. The molecule has 0 aliphatic carbocycles. The fraction of sp³-hybridized carbons (Fsp3) is 0.333. The van der Waals surface area contributed by atoms with Gasteiger partial charge in [0, 0.05) is 13.6 Å². The normalized spacial score (nSPS) is 19.1. The Morgan fingerprint density at radius 1 is 1.56 bits per heavy atom. The molecule has 1 aliphatic heterocycles. The predicted octanol–water partition coefficient (Wildman–Crippen LogP) is 0.610. The Hall–Kier alpha value is -2.24. The predicted molar refractivity (Wildman–Crippen MR) is 67.5 cm³/mol. The topological polar surface area (TPSA) is 95.7 Å². The number of hydrogen-bond acceptors (Lipinski definition) is 4. The lowest BCUT2D eigenvalue weighted by Crippen LogP contribution is -2.31. The van der Waals surface area contributed by atoms with Gasteiger partial charge >= 0.3 is 5.97 Å². The number of nitrogen functional groups attached to an aromatic ring is 1. The number of likely N-dealkylation sites (tertiary alicyclic amines) is 1. The van der Waals surface area contributed by atoms with Crippen LogP contribution in [0.5, 0.6) is 0 Å². The molecule has 1 unspecified atom stereocenters. The maximum atomic E-state index is 11.8. The Morgan fingerprint density at radius 3 is 2.83 bits per heavy atom. The van der Waals surface area contributed by atoms with Crippen molar-refractivity contribution in [2.24, 2.45) is 0 Å². The van der Waals surface area contributed by atoms with Crippen molar-refractivity contribution < 1.29 is 14.7 Å². The highest BCUT2D eigenvalue weighted by molar-refractivity contribution is 5.99. The van der Waals surface area contributed by atoms with E-state index in [4.69, 9.17) is 10.8 Å². The number of amides is 1. The number of likely N-dealkylation sites (N-methyl/N-ethyl adjacent to an activating group) is 1. The highest BCUT2D eigenvalue weighted by atomic mass is 16.4. The molecular formula is C12H15N3O3. The van der Waals surface area contributed by atoms with Gasteiger partial charge in [-0.1, -0.05) is 6.07 Å². The lowest BCUT2D eigenvalue weighted by molar-refractivity contribution is -0.127. The summed E-state index contributed by atoms with van der Waals surface area (Å²) in [6.07, 6.45) is 0.642. The largest absolute Gasteiger partial charge is 0.478 e. The highest BCUT2D eigenvalue weighted by Crippen LogP contribution is 2.26. The maximum Gasteiger partial charge on any atom is 0.337 e. The summed E-state index contributed by atoms with van der Waals surface area (Å²) in [6.45, 7) is 0.658. The van der Waals surface area contributed by atoms with Crippen LogP contribution in [0.4, 0.5) is 11.4 Å². The molecule has 0 radical (unpaired) electrons. The van der Waals surface area contributed by atoms with Crippen LogP contribution < -0.4 is 11.1 Å². The van der Waals surface area contributed by atoms with Crippen molar-refractivity contribution in [3.8, 4) is 0 Å². The minimum Gasteiger partial charge on any atom is -0.478 e. The Labute approximate surface area is 104 Å². The second-order valence-electron chi connectivity index (χ2n) is 4.32. The van der Waals surface area contributed by atoms with Crippen molar-refractivity contribution in [2.75, 3.05) is 24.6 Å². The molecule has 6 nitrogen and oxygen atoms in total. The van der Waals surface area contributed by atoms with Gasteiger partial charge in [-0.15, -0.1) is 0 Å². The molecule has 0 aromatic heterocycles. The SMILES string of the molecule is CN1CCC(Nc2c(N)cccc2C(=O)O)C1=O. The van der Waals surface area contributed by atoms with Gasteiger partial charge in [0.25, 0.3) is 0 Å². The van der Waals surface area contributed by atoms with Gasteiger partial charge < -0.3 is 21.1 Å². The fourth-order valence-corrected chi connectivity index (χ4v) is 2.04. The number of carbonyl (C=O) groups excluding carboxylic acids is 1. The maximum absolute atomic E-state index is 11.8. The van der Waals surface area contributed by atoms with E-state index in [1.165, 1.54) is 6.07 Å². The van der Waals surface area contributed by atoms with Crippen LogP contribution in [-0.2, 0) is 4.79 Å². The summed E-state index contributed by atoms with van der Waals surface area (Å²) >= 11 is 0. The van der Waals surface area contributed by atoms with Crippen molar-refractivity contribution in [1.29, 1.82) is 0 Å². The van der Waals surface area contributed by atoms with Gasteiger partial charge in [-0.2, -0.15) is 0 Å². The number of benzene rings is 1. The van der Waals surface area contributed by atoms with Gasteiger partial charge in [-0.05, 0) is 18.6 Å². The van der Waals surface area contributed by atoms with Crippen molar-refractivity contribution in [2.45, 2.75) is 12.5 Å². The molecule has 1 aromatic carbocycles. The minimum absolute atomic E-state index is 0.0467. The molecule has 6 heteroatoms. The molecular weight excluding hydrogens is 234 g/mol. The fourth-order valence-electron chi connectivity index (χ4n) is 2.04.